The molecule has 0 saturated heterocycles. The average molecular weight is 228 g/mol. The molecule has 2 N–H and O–H groups in total. The summed E-state index contributed by atoms with van der Waals surface area (Å²) in [6.45, 7) is 0. The smallest absolute Gasteiger partial charge is 0.262 e. The molecule has 86 valence electrons. The Morgan fingerprint density at radius 2 is 1.94 bits per heavy atom. The van der Waals surface area contributed by atoms with Crippen LogP contribution in [0.1, 0.15) is 24.6 Å². The zero-order valence-electron chi connectivity index (χ0n) is 9.18. The maximum atomic E-state index is 11.9. The lowest BCUT2D eigenvalue weighted by Crippen LogP contribution is -2.13. The van der Waals surface area contributed by atoms with Crippen molar-refractivity contribution in [1.29, 1.82) is 0 Å². The van der Waals surface area contributed by atoms with Crippen molar-refractivity contribution in [3.8, 4) is 17.0 Å². The van der Waals surface area contributed by atoms with Crippen LogP contribution in [-0.4, -0.2) is 15.1 Å². The predicted molar refractivity (Wildman–Crippen MR) is 63.9 cm³/mol. The Bertz CT molecular complexity index is 601. The van der Waals surface area contributed by atoms with Gasteiger partial charge in [0.1, 0.15) is 11.4 Å². The fourth-order valence-corrected chi connectivity index (χ4v) is 1.89. The summed E-state index contributed by atoms with van der Waals surface area (Å²) in [5.41, 5.74) is 0.654. The Morgan fingerprint density at radius 3 is 2.53 bits per heavy atom. The highest BCUT2D eigenvalue weighted by Gasteiger charge is 2.27. The van der Waals surface area contributed by atoms with Gasteiger partial charge in [-0.05, 0) is 18.4 Å². The van der Waals surface area contributed by atoms with E-state index < -0.39 is 0 Å². The van der Waals surface area contributed by atoms with Crippen LogP contribution in [0.5, 0.6) is 5.88 Å². The van der Waals surface area contributed by atoms with Crippen LogP contribution in [-0.2, 0) is 0 Å². The van der Waals surface area contributed by atoms with Gasteiger partial charge in [-0.3, -0.25) is 4.79 Å². The van der Waals surface area contributed by atoms with Crippen LogP contribution in [0.2, 0.25) is 0 Å². The molecule has 0 aliphatic heterocycles. The van der Waals surface area contributed by atoms with Gasteiger partial charge in [0.25, 0.3) is 5.56 Å². The van der Waals surface area contributed by atoms with E-state index in [0.29, 0.717) is 17.3 Å². The van der Waals surface area contributed by atoms with E-state index in [2.05, 4.69) is 9.97 Å². The second-order valence-electron chi connectivity index (χ2n) is 4.29. The molecule has 4 nitrogen and oxygen atoms in total. The minimum atomic E-state index is -0.273. The van der Waals surface area contributed by atoms with Gasteiger partial charge >= 0.3 is 0 Å². The lowest BCUT2D eigenvalue weighted by Gasteiger charge is -2.05. The van der Waals surface area contributed by atoms with Crippen molar-refractivity contribution in [3.63, 3.8) is 0 Å². The number of hydrogen-bond donors (Lipinski definition) is 2. The summed E-state index contributed by atoms with van der Waals surface area (Å²) in [5, 5.41) is 9.87. The SMILES string of the molecule is O=c1[nH]c(C2CC2)nc(O)c1-c1ccccc1. The lowest BCUT2D eigenvalue weighted by atomic mass is 10.1. The van der Waals surface area contributed by atoms with Gasteiger partial charge in [-0.2, -0.15) is 4.98 Å². The van der Waals surface area contributed by atoms with Gasteiger partial charge in [0, 0.05) is 5.92 Å². The number of rotatable bonds is 2. The summed E-state index contributed by atoms with van der Waals surface area (Å²) < 4.78 is 0. The first-order valence-corrected chi connectivity index (χ1v) is 5.64. The Labute approximate surface area is 98.0 Å². The number of hydrogen-bond acceptors (Lipinski definition) is 3. The van der Waals surface area contributed by atoms with Crippen LogP contribution >= 0.6 is 0 Å². The molecule has 0 amide bonds. The van der Waals surface area contributed by atoms with Crippen LogP contribution in [0.3, 0.4) is 0 Å². The van der Waals surface area contributed by atoms with E-state index in [-0.39, 0.29) is 17.0 Å². The maximum Gasteiger partial charge on any atom is 0.262 e. The molecule has 0 bridgehead atoms. The van der Waals surface area contributed by atoms with Gasteiger partial charge in [-0.1, -0.05) is 30.3 Å². The first kappa shape index (κ1) is 10.1. The van der Waals surface area contributed by atoms with Crippen molar-refractivity contribution >= 4 is 0 Å². The van der Waals surface area contributed by atoms with Crippen molar-refractivity contribution in [3.05, 3.63) is 46.5 Å². The summed E-state index contributed by atoms with van der Waals surface area (Å²) in [5.74, 6) is 0.743. The monoisotopic (exact) mass is 228 g/mol. The second kappa shape index (κ2) is 3.73. The largest absolute Gasteiger partial charge is 0.493 e. The third-order valence-electron chi connectivity index (χ3n) is 2.95. The standard InChI is InChI=1S/C13H12N2O2/c16-12-10(8-4-2-1-3-5-8)13(17)15-11(14-12)9-6-7-9/h1-5,9H,6-7H2,(H2,14,15,16,17). The van der Waals surface area contributed by atoms with E-state index in [1.54, 1.807) is 12.1 Å². The van der Waals surface area contributed by atoms with E-state index in [4.69, 9.17) is 0 Å². The molecule has 2 aromatic rings. The molecule has 3 rings (SSSR count). The molecule has 1 heterocycles. The number of nitrogens with one attached hydrogen (secondary N) is 1. The number of aromatic amines is 1. The summed E-state index contributed by atoms with van der Waals surface area (Å²) >= 11 is 0. The normalized spacial score (nSPS) is 14.8. The molecule has 0 atom stereocenters. The number of aromatic nitrogens is 2. The number of H-pyrrole nitrogens is 1. The van der Waals surface area contributed by atoms with Crippen molar-refractivity contribution in [1.82, 2.24) is 9.97 Å². The minimum Gasteiger partial charge on any atom is -0.493 e. The van der Waals surface area contributed by atoms with Gasteiger partial charge in [0.05, 0.1) is 0 Å². The highest BCUT2D eigenvalue weighted by Crippen LogP contribution is 2.38. The van der Waals surface area contributed by atoms with E-state index in [1.165, 1.54) is 0 Å². The molecule has 1 saturated carbocycles. The van der Waals surface area contributed by atoms with E-state index in [0.717, 1.165) is 12.8 Å². The van der Waals surface area contributed by atoms with Crippen LogP contribution < -0.4 is 5.56 Å². The Hall–Kier alpha value is -2.10. The quantitative estimate of drug-likeness (QED) is 0.826. The van der Waals surface area contributed by atoms with Crippen LogP contribution in [0.15, 0.2) is 35.1 Å². The summed E-state index contributed by atoms with van der Waals surface area (Å²) in [4.78, 5) is 18.8. The molecule has 1 aromatic carbocycles. The van der Waals surface area contributed by atoms with E-state index >= 15 is 0 Å². The molecule has 4 heteroatoms. The minimum absolute atomic E-state index is 0.179. The molecule has 1 fully saturated rings. The predicted octanol–water partition coefficient (Wildman–Crippen LogP) is 2.02. The molecule has 1 aliphatic rings. The zero-order valence-corrected chi connectivity index (χ0v) is 9.18. The maximum absolute atomic E-state index is 11.9. The zero-order chi connectivity index (χ0) is 11.8. The molecule has 1 aromatic heterocycles. The van der Waals surface area contributed by atoms with Crippen LogP contribution in [0.25, 0.3) is 11.1 Å². The summed E-state index contributed by atoms with van der Waals surface area (Å²) in [6, 6.07) is 9.07. The Kier molecular flexibility index (Phi) is 2.21. The van der Waals surface area contributed by atoms with Crippen molar-refractivity contribution in [2.75, 3.05) is 0 Å². The second-order valence-corrected chi connectivity index (χ2v) is 4.29. The number of aromatic hydroxyl groups is 1. The van der Waals surface area contributed by atoms with E-state index in [9.17, 15) is 9.90 Å². The fraction of sp³-hybridized carbons (Fsp3) is 0.231. The molecule has 0 spiro atoms. The molecular formula is C13H12N2O2. The summed E-state index contributed by atoms with van der Waals surface area (Å²) in [7, 11) is 0. The van der Waals surface area contributed by atoms with Crippen LogP contribution in [0, 0.1) is 0 Å². The first-order chi connectivity index (χ1) is 8.25. The summed E-state index contributed by atoms with van der Waals surface area (Å²) in [6.07, 6.45) is 2.07. The van der Waals surface area contributed by atoms with Gasteiger partial charge in [0.2, 0.25) is 5.88 Å². The van der Waals surface area contributed by atoms with Gasteiger partial charge in [-0.15, -0.1) is 0 Å². The molecule has 17 heavy (non-hydrogen) atoms. The van der Waals surface area contributed by atoms with Crippen LogP contribution in [0.4, 0.5) is 0 Å². The average Bonchev–Trinajstić information content (AvgIpc) is 3.13. The fourth-order valence-electron chi connectivity index (χ4n) is 1.89. The van der Waals surface area contributed by atoms with Gasteiger partial charge < -0.3 is 10.1 Å². The van der Waals surface area contributed by atoms with Gasteiger partial charge in [-0.25, -0.2) is 0 Å². The Morgan fingerprint density at radius 1 is 1.24 bits per heavy atom. The lowest BCUT2D eigenvalue weighted by molar-refractivity contribution is 0.450. The van der Waals surface area contributed by atoms with Crippen molar-refractivity contribution in [2.45, 2.75) is 18.8 Å². The highest BCUT2D eigenvalue weighted by molar-refractivity contribution is 5.66. The molecule has 0 radical (unpaired) electrons. The van der Waals surface area contributed by atoms with E-state index in [1.807, 2.05) is 18.2 Å². The Balaban J connectivity index is 2.14. The molecule has 0 unspecified atom stereocenters. The first-order valence-electron chi connectivity index (χ1n) is 5.64. The van der Waals surface area contributed by atoms with Gasteiger partial charge in [0.15, 0.2) is 0 Å². The number of nitrogens with zero attached hydrogens (tertiary/aromatic N) is 1. The van der Waals surface area contributed by atoms with Crippen molar-refractivity contribution < 1.29 is 5.11 Å². The molecule has 1 aliphatic carbocycles. The third-order valence-corrected chi connectivity index (χ3v) is 2.95. The topological polar surface area (TPSA) is 66.0 Å². The van der Waals surface area contributed by atoms with Crippen molar-refractivity contribution in [2.24, 2.45) is 0 Å². The number of benzene rings is 1. The highest BCUT2D eigenvalue weighted by atomic mass is 16.3. The third kappa shape index (κ3) is 1.82. The molecular weight excluding hydrogens is 216 g/mol.